The van der Waals surface area contributed by atoms with Crippen molar-refractivity contribution in [3.63, 3.8) is 0 Å². The maximum atomic E-state index is 9.04. The Labute approximate surface area is 358 Å². The normalized spacial score (nSPS) is 27.8. The van der Waals surface area contributed by atoms with Crippen LogP contribution in [0.1, 0.15) is 123 Å². The van der Waals surface area contributed by atoms with Crippen LogP contribution < -0.4 is 0 Å². The first-order chi connectivity index (χ1) is 29.7. The maximum absolute atomic E-state index is 9.04. The van der Waals surface area contributed by atoms with Gasteiger partial charge in [-0.2, -0.15) is 0 Å². The van der Waals surface area contributed by atoms with Gasteiger partial charge in [0.15, 0.2) is 0 Å². The number of rotatable bonds is 8. The number of likely N-dealkylation sites (tertiary alicyclic amines) is 1. The highest BCUT2D eigenvalue weighted by Gasteiger charge is 2.38. The molecule has 3 heteroatoms. The van der Waals surface area contributed by atoms with Gasteiger partial charge in [0.1, 0.15) is 0 Å². The minimum atomic E-state index is 0.319. The van der Waals surface area contributed by atoms with Crippen LogP contribution in [0.2, 0.25) is 0 Å². The second-order valence-electron chi connectivity index (χ2n) is 18.1. The van der Waals surface area contributed by atoms with E-state index in [1.165, 1.54) is 70.3 Å². The molecule has 1 N–H and O–H groups in total. The molecular weight excluding hydrogens is 727 g/mol. The minimum Gasteiger partial charge on any atom is -0.332 e. The second-order valence-corrected chi connectivity index (χ2v) is 18.1. The van der Waals surface area contributed by atoms with E-state index in [0.717, 1.165) is 75.5 Å². The monoisotopic (exact) mass is 785 g/mol. The standard InChI is InChI=1S/C57H59N3/c58-55(43-18-6-2-7-19-43)38-56(44-20-8-3-9-21-44)59-39-60-49-32-29-40(27-28-48(36-49)52-25-12-13-26-57(52)60)45-22-14-23-46(35-45)47-31-34-53-50-24-11-10-17-42(50)30-33-51(54(53)37-47)41-15-4-1-5-16-41/h1-2,4-6,10-18,20,22-24,26-29,35,38-39,47-49,51-52,58H,3,7-9,19,21,25,30-34,36-37H2/b28-27-,40-29-,56-38-,58-55?,59-39?. The molecule has 6 aliphatic carbocycles. The highest BCUT2D eigenvalue weighted by Crippen LogP contribution is 2.50. The van der Waals surface area contributed by atoms with E-state index in [1.807, 2.05) is 6.08 Å². The number of allylic oxidation sites excluding steroid dienone is 16. The van der Waals surface area contributed by atoms with Gasteiger partial charge in [0.25, 0.3) is 0 Å². The van der Waals surface area contributed by atoms with Crippen molar-refractivity contribution in [2.24, 2.45) is 16.8 Å². The summed E-state index contributed by atoms with van der Waals surface area (Å²) in [5.41, 5.74) is 17.3. The van der Waals surface area contributed by atoms with Gasteiger partial charge < -0.3 is 10.3 Å². The third-order valence-corrected chi connectivity index (χ3v) is 14.6. The Balaban J connectivity index is 0.937. The fourth-order valence-corrected chi connectivity index (χ4v) is 11.4. The van der Waals surface area contributed by atoms with E-state index in [0.29, 0.717) is 35.4 Å². The zero-order chi connectivity index (χ0) is 40.3. The molecule has 2 bridgehead atoms. The number of nitrogens with one attached hydrogen (secondary N) is 1. The van der Waals surface area contributed by atoms with Gasteiger partial charge in [-0.1, -0.05) is 139 Å². The van der Waals surface area contributed by atoms with Gasteiger partial charge in [0.2, 0.25) is 0 Å². The van der Waals surface area contributed by atoms with Gasteiger partial charge >= 0.3 is 0 Å². The van der Waals surface area contributed by atoms with Crippen LogP contribution in [0.4, 0.5) is 0 Å². The average molecular weight is 786 g/mol. The Morgan fingerprint density at radius 2 is 1.65 bits per heavy atom. The van der Waals surface area contributed by atoms with Crippen molar-refractivity contribution < 1.29 is 0 Å². The SMILES string of the molecule is N=C(/C=C(\N=CN1C2=CC=CCC2C2/C=C\C(c3cccc(C4CCC5=C(C4)C(c4ccccc4)CCc4ccccc45)c3)=C\CC1C2)C1=CCCCC1)C1=CC=CCC1. The molecule has 5 atom stereocenters. The Morgan fingerprint density at radius 3 is 2.53 bits per heavy atom. The van der Waals surface area contributed by atoms with E-state index < -0.39 is 0 Å². The predicted octanol–water partition coefficient (Wildman–Crippen LogP) is 14.3. The van der Waals surface area contributed by atoms with Gasteiger partial charge in [-0.15, -0.1) is 0 Å². The van der Waals surface area contributed by atoms with Gasteiger partial charge in [-0.3, -0.25) is 0 Å². The fraction of sp³-hybridized carbons (Fsp3) is 0.333. The zero-order valence-corrected chi connectivity index (χ0v) is 35.1. The lowest BCUT2D eigenvalue weighted by atomic mass is 9.72. The molecule has 0 saturated carbocycles. The summed E-state index contributed by atoms with van der Waals surface area (Å²) in [5.74, 6) is 1.90. The molecule has 1 fully saturated rings. The van der Waals surface area contributed by atoms with Crippen molar-refractivity contribution in [1.29, 1.82) is 5.41 Å². The molecule has 5 unspecified atom stereocenters. The Bertz CT molecular complexity index is 2440. The molecule has 0 amide bonds. The summed E-state index contributed by atoms with van der Waals surface area (Å²) in [6.45, 7) is 0. The summed E-state index contributed by atoms with van der Waals surface area (Å²) >= 11 is 0. The third-order valence-electron chi connectivity index (χ3n) is 14.6. The summed E-state index contributed by atoms with van der Waals surface area (Å²) in [6.07, 6.45) is 42.8. The van der Waals surface area contributed by atoms with Crippen LogP contribution in [0.25, 0.3) is 11.1 Å². The molecular formula is C57H59N3. The number of hydrogen-bond acceptors (Lipinski definition) is 2. The molecule has 3 nitrogen and oxygen atoms in total. The van der Waals surface area contributed by atoms with Crippen molar-refractivity contribution in [3.8, 4) is 0 Å². The summed E-state index contributed by atoms with van der Waals surface area (Å²) < 4.78 is 0. The molecule has 302 valence electrons. The van der Waals surface area contributed by atoms with Crippen LogP contribution in [-0.4, -0.2) is 23.0 Å². The molecule has 60 heavy (non-hydrogen) atoms. The van der Waals surface area contributed by atoms with Crippen LogP contribution >= 0.6 is 0 Å². The molecule has 3 aromatic carbocycles. The van der Waals surface area contributed by atoms with E-state index in [1.54, 1.807) is 11.1 Å². The molecule has 1 heterocycles. The molecule has 1 aliphatic heterocycles. The van der Waals surface area contributed by atoms with E-state index >= 15 is 0 Å². The Hall–Kier alpha value is -5.54. The van der Waals surface area contributed by atoms with Crippen molar-refractivity contribution >= 4 is 23.2 Å². The van der Waals surface area contributed by atoms with Crippen molar-refractivity contribution in [1.82, 2.24) is 4.90 Å². The van der Waals surface area contributed by atoms with Crippen LogP contribution in [0.5, 0.6) is 0 Å². The smallest absolute Gasteiger partial charge is 0.0957 e. The largest absolute Gasteiger partial charge is 0.332 e. The van der Waals surface area contributed by atoms with E-state index in [2.05, 4.69) is 151 Å². The fourth-order valence-electron chi connectivity index (χ4n) is 11.4. The number of fused-ring (bicyclic) bond motifs is 6. The summed E-state index contributed by atoms with van der Waals surface area (Å²) in [7, 11) is 0. The van der Waals surface area contributed by atoms with Gasteiger partial charge in [0, 0.05) is 23.6 Å². The first kappa shape index (κ1) is 38.6. The second kappa shape index (κ2) is 17.6. The molecule has 10 rings (SSSR count). The number of aryl methyl sites for hydroxylation is 1. The minimum absolute atomic E-state index is 0.319. The lowest BCUT2D eigenvalue weighted by Gasteiger charge is -2.45. The quantitative estimate of drug-likeness (QED) is 0.179. The van der Waals surface area contributed by atoms with Gasteiger partial charge in [0.05, 0.1) is 17.7 Å². The zero-order valence-electron chi connectivity index (χ0n) is 35.1. The predicted molar refractivity (Wildman–Crippen MR) is 252 cm³/mol. The summed E-state index contributed by atoms with van der Waals surface area (Å²) in [5, 5.41) is 9.04. The average Bonchev–Trinajstić information content (AvgIpc) is 3.47. The van der Waals surface area contributed by atoms with Crippen LogP contribution in [0.3, 0.4) is 0 Å². The highest BCUT2D eigenvalue weighted by atomic mass is 15.2. The first-order valence-electron chi connectivity index (χ1n) is 23.0. The Kier molecular flexibility index (Phi) is 11.3. The maximum Gasteiger partial charge on any atom is 0.0957 e. The Morgan fingerprint density at radius 1 is 0.767 bits per heavy atom. The van der Waals surface area contributed by atoms with E-state index in [4.69, 9.17) is 10.4 Å². The number of piperidine rings is 1. The van der Waals surface area contributed by atoms with Crippen molar-refractivity contribution in [2.45, 2.75) is 108 Å². The number of nitrogens with zero attached hydrogens (tertiary/aromatic N) is 2. The number of aliphatic imine (C=N–C) groups is 1. The molecule has 0 radical (unpaired) electrons. The van der Waals surface area contributed by atoms with Gasteiger partial charge in [-0.25, -0.2) is 4.99 Å². The molecule has 0 aromatic heterocycles. The van der Waals surface area contributed by atoms with Crippen molar-refractivity contribution in [3.05, 3.63) is 202 Å². The number of benzene rings is 3. The lowest BCUT2D eigenvalue weighted by molar-refractivity contribution is 0.204. The van der Waals surface area contributed by atoms with Gasteiger partial charge in [-0.05, 0) is 164 Å². The molecule has 0 spiro atoms. The molecule has 7 aliphatic rings. The van der Waals surface area contributed by atoms with Crippen molar-refractivity contribution in [2.75, 3.05) is 0 Å². The summed E-state index contributed by atoms with van der Waals surface area (Å²) in [6, 6.07) is 30.5. The van der Waals surface area contributed by atoms with Crippen LogP contribution in [0.15, 0.2) is 179 Å². The van der Waals surface area contributed by atoms with E-state index in [-0.39, 0.29) is 0 Å². The van der Waals surface area contributed by atoms with Crippen LogP contribution in [0, 0.1) is 17.2 Å². The number of hydrogen-bond donors (Lipinski definition) is 1. The lowest BCUT2D eigenvalue weighted by Crippen LogP contribution is -2.45. The molecule has 3 aromatic rings. The van der Waals surface area contributed by atoms with Crippen LogP contribution in [-0.2, 0) is 6.42 Å². The first-order valence-corrected chi connectivity index (χ1v) is 23.0. The summed E-state index contributed by atoms with van der Waals surface area (Å²) in [4.78, 5) is 7.82. The molecule has 1 saturated heterocycles. The van der Waals surface area contributed by atoms with E-state index in [9.17, 15) is 0 Å². The topological polar surface area (TPSA) is 39.5 Å². The highest BCUT2D eigenvalue weighted by molar-refractivity contribution is 6.07. The third kappa shape index (κ3) is 8.04.